The van der Waals surface area contributed by atoms with Crippen molar-refractivity contribution in [1.29, 1.82) is 0 Å². The zero-order valence-electron chi connectivity index (χ0n) is 26.2. The van der Waals surface area contributed by atoms with E-state index in [1.165, 1.54) is 89.9 Å². The van der Waals surface area contributed by atoms with E-state index in [1.807, 2.05) is 39.0 Å². The van der Waals surface area contributed by atoms with E-state index in [-0.39, 0.29) is 5.41 Å². The molecule has 0 saturated carbocycles. The van der Waals surface area contributed by atoms with Crippen molar-refractivity contribution >= 4 is 5.97 Å². The molecule has 0 fully saturated rings. The highest BCUT2D eigenvalue weighted by molar-refractivity contribution is 5.77. The summed E-state index contributed by atoms with van der Waals surface area (Å²) in [4.78, 5) is 13.1. The fourth-order valence-electron chi connectivity index (χ4n) is 5.90. The van der Waals surface area contributed by atoms with Crippen molar-refractivity contribution in [3.05, 3.63) is 35.9 Å². The second-order valence-electron chi connectivity index (χ2n) is 13.6. The van der Waals surface area contributed by atoms with Gasteiger partial charge in [-0.25, -0.2) is 4.79 Å². The molecule has 1 N–H and O–H groups in total. The third-order valence-corrected chi connectivity index (χ3v) is 8.15. The van der Waals surface area contributed by atoms with Gasteiger partial charge in [0.2, 0.25) is 0 Å². The molecule has 220 valence electrons. The van der Waals surface area contributed by atoms with Crippen molar-refractivity contribution in [2.24, 2.45) is 5.41 Å². The first-order valence-electron chi connectivity index (χ1n) is 15.9. The normalized spacial score (nSPS) is 14.7. The van der Waals surface area contributed by atoms with E-state index in [4.69, 9.17) is 4.74 Å². The molecule has 0 bridgehead atoms. The van der Waals surface area contributed by atoms with Crippen molar-refractivity contribution in [3.63, 3.8) is 0 Å². The van der Waals surface area contributed by atoms with Crippen molar-refractivity contribution in [2.45, 2.75) is 175 Å². The number of ether oxygens (including phenoxy) is 1. The number of hydrogen-bond donors (Lipinski definition) is 1. The van der Waals surface area contributed by atoms with E-state index in [0.717, 1.165) is 24.8 Å². The Morgan fingerprint density at radius 3 is 1.45 bits per heavy atom. The molecule has 0 aromatic heterocycles. The SMILES string of the molecule is CCCCCCCCCCCCCCCCCCC(c1ccccc1)(C(O)C(=O)OC(C)(C)C)C(C)(C)C. The molecule has 3 heteroatoms. The first-order chi connectivity index (χ1) is 18.0. The summed E-state index contributed by atoms with van der Waals surface area (Å²) < 4.78 is 5.67. The maximum absolute atomic E-state index is 13.1. The van der Waals surface area contributed by atoms with Gasteiger partial charge in [0.25, 0.3) is 0 Å². The third-order valence-electron chi connectivity index (χ3n) is 8.15. The largest absolute Gasteiger partial charge is 0.458 e. The Hall–Kier alpha value is -1.35. The van der Waals surface area contributed by atoms with Gasteiger partial charge in [0.1, 0.15) is 5.60 Å². The average molecular weight is 531 g/mol. The van der Waals surface area contributed by atoms with Gasteiger partial charge in [-0.05, 0) is 38.2 Å². The molecule has 0 aliphatic rings. The van der Waals surface area contributed by atoms with Crippen LogP contribution in [0, 0.1) is 5.41 Å². The van der Waals surface area contributed by atoms with E-state index >= 15 is 0 Å². The van der Waals surface area contributed by atoms with Crippen LogP contribution in [0.4, 0.5) is 0 Å². The van der Waals surface area contributed by atoms with Crippen LogP contribution < -0.4 is 0 Å². The fraction of sp³-hybridized carbons (Fsp3) is 0.800. The lowest BCUT2D eigenvalue weighted by atomic mass is 9.57. The molecule has 0 heterocycles. The summed E-state index contributed by atoms with van der Waals surface area (Å²) in [6.45, 7) is 14.3. The number of hydrogen-bond acceptors (Lipinski definition) is 3. The lowest BCUT2D eigenvalue weighted by molar-refractivity contribution is -0.173. The van der Waals surface area contributed by atoms with Crippen molar-refractivity contribution < 1.29 is 14.6 Å². The summed E-state index contributed by atoms with van der Waals surface area (Å²) in [6, 6.07) is 10.1. The van der Waals surface area contributed by atoms with Gasteiger partial charge in [0, 0.05) is 5.41 Å². The molecule has 0 radical (unpaired) electrons. The minimum Gasteiger partial charge on any atom is -0.458 e. The molecule has 0 aliphatic heterocycles. The van der Waals surface area contributed by atoms with Crippen LogP contribution in [0.3, 0.4) is 0 Å². The first-order valence-corrected chi connectivity index (χ1v) is 15.9. The highest BCUT2D eigenvalue weighted by Crippen LogP contribution is 2.48. The van der Waals surface area contributed by atoms with Crippen molar-refractivity contribution in [2.75, 3.05) is 0 Å². The summed E-state index contributed by atoms with van der Waals surface area (Å²) in [5.41, 5.74) is -0.633. The molecule has 0 aliphatic carbocycles. The lowest BCUT2D eigenvalue weighted by Gasteiger charge is -2.48. The number of benzene rings is 1. The molecular weight excluding hydrogens is 468 g/mol. The van der Waals surface area contributed by atoms with Gasteiger partial charge >= 0.3 is 5.97 Å². The van der Waals surface area contributed by atoms with Crippen LogP contribution in [0.15, 0.2) is 30.3 Å². The molecule has 0 saturated heterocycles. The predicted octanol–water partition coefficient (Wildman–Crippen LogP) is 10.3. The summed E-state index contributed by atoms with van der Waals surface area (Å²) in [6.07, 6.45) is 20.9. The molecule has 38 heavy (non-hydrogen) atoms. The van der Waals surface area contributed by atoms with Gasteiger partial charge in [-0.2, -0.15) is 0 Å². The standard InChI is InChI=1S/C35H62O3/c1-8-9-10-11-12-13-14-15-16-17-18-19-20-21-22-26-29-35(33(2,3)4,30-27-24-23-25-28-30)31(36)32(37)38-34(5,6)7/h23-25,27-28,31,36H,8-22,26,29H2,1-7H3. The number of aliphatic hydroxyl groups is 1. The molecule has 1 aromatic rings. The minimum atomic E-state index is -1.21. The Bertz CT molecular complexity index is 728. The number of esters is 1. The van der Waals surface area contributed by atoms with Crippen LogP contribution in [-0.2, 0) is 14.9 Å². The third kappa shape index (κ3) is 12.7. The summed E-state index contributed by atoms with van der Waals surface area (Å²) in [5.74, 6) is -0.521. The average Bonchev–Trinajstić information content (AvgIpc) is 2.84. The van der Waals surface area contributed by atoms with E-state index < -0.39 is 23.1 Å². The molecule has 2 unspecified atom stereocenters. The van der Waals surface area contributed by atoms with Gasteiger partial charge < -0.3 is 9.84 Å². The Morgan fingerprint density at radius 1 is 0.684 bits per heavy atom. The van der Waals surface area contributed by atoms with Gasteiger partial charge in [0.15, 0.2) is 6.10 Å². The van der Waals surface area contributed by atoms with Gasteiger partial charge in [0.05, 0.1) is 0 Å². The van der Waals surface area contributed by atoms with Gasteiger partial charge in [-0.1, -0.05) is 161 Å². The second kappa shape index (κ2) is 18.1. The Balaban J connectivity index is 2.50. The number of rotatable bonds is 20. The molecule has 2 atom stereocenters. The molecule has 3 nitrogen and oxygen atoms in total. The van der Waals surface area contributed by atoms with E-state index in [2.05, 4.69) is 39.8 Å². The summed E-state index contributed by atoms with van der Waals surface area (Å²) in [7, 11) is 0. The lowest BCUT2D eigenvalue weighted by Crippen LogP contribution is -2.54. The van der Waals surface area contributed by atoms with Crippen molar-refractivity contribution in [1.82, 2.24) is 0 Å². The summed E-state index contributed by atoms with van der Waals surface area (Å²) >= 11 is 0. The van der Waals surface area contributed by atoms with Crippen LogP contribution in [-0.4, -0.2) is 22.8 Å². The molecule has 1 rings (SSSR count). The minimum absolute atomic E-state index is 0.319. The summed E-state index contributed by atoms with van der Waals surface area (Å²) in [5, 5.41) is 11.5. The number of carbonyl (C=O) groups is 1. The van der Waals surface area contributed by atoms with Crippen LogP contribution in [0.2, 0.25) is 0 Å². The van der Waals surface area contributed by atoms with E-state index in [1.54, 1.807) is 0 Å². The topological polar surface area (TPSA) is 46.5 Å². The van der Waals surface area contributed by atoms with Gasteiger partial charge in [-0.3, -0.25) is 0 Å². The quantitative estimate of drug-likeness (QED) is 0.135. The monoisotopic (exact) mass is 530 g/mol. The highest BCUT2D eigenvalue weighted by Gasteiger charge is 2.52. The zero-order valence-corrected chi connectivity index (χ0v) is 26.2. The van der Waals surface area contributed by atoms with Crippen molar-refractivity contribution in [3.8, 4) is 0 Å². The Labute approximate surface area is 236 Å². The van der Waals surface area contributed by atoms with Crippen LogP contribution in [0.5, 0.6) is 0 Å². The highest BCUT2D eigenvalue weighted by atomic mass is 16.6. The number of carbonyl (C=O) groups excluding carboxylic acids is 1. The predicted molar refractivity (Wildman–Crippen MR) is 164 cm³/mol. The maximum Gasteiger partial charge on any atom is 0.336 e. The molecule has 1 aromatic carbocycles. The zero-order chi connectivity index (χ0) is 28.5. The number of aliphatic hydroxyl groups excluding tert-OH is 1. The Kier molecular flexibility index (Phi) is 16.5. The Morgan fingerprint density at radius 2 is 1.08 bits per heavy atom. The molecular formula is C35H62O3. The molecule has 0 spiro atoms. The van der Waals surface area contributed by atoms with Crippen LogP contribution in [0.1, 0.15) is 163 Å². The van der Waals surface area contributed by atoms with Crippen LogP contribution >= 0.6 is 0 Å². The van der Waals surface area contributed by atoms with E-state index in [9.17, 15) is 9.90 Å². The second-order valence-corrected chi connectivity index (χ2v) is 13.6. The van der Waals surface area contributed by atoms with E-state index in [0.29, 0.717) is 0 Å². The molecule has 0 amide bonds. The number of unbranched alkanes of at least 4 members (excludes halogenated alkanes) is 15. The van der Waals surface area contributed by atoms with Gasteiger partial charge in [-0.15, -0.1) is 0 Å². The van der Waals surface area contributed by atoms with Crippen LogP contribution in [0.25, 0.3) is 0 Å². The first kappa shape index (κ1) is 34.7. The smallest absolute Gasteiger partial charge is 0.336 e. The maximum atomic E-state index is 13.1. The fourth-order valence-corrected chi connectivity index (χ4v) is 5.90.